The largest absolute Gasteiger partial charge is 0.461 e. The maximum atomic E-state index is 13.9. The molecule has 2 aromatic heterocycles. The molecule has 29 heavy (non-hydrogen) atoms. The Morgan fingerprint density at radius 2 is 1.79 bits per heavy atom. The molecule has 0 unspecified atom stereocenters. The predicted molar refractivity (Wildman–Crippen MR) is 100 cm³/mol. The lowest BCUT2D eigenvalue weighted by molar-refractivity contribution is -0.137. The van der Waals surface area contributed by atoms with Gasteiger partial charge < -0.3 is 4.42 Å². The van der Waals surface area contributed by atoms with Crippen LogP contribution in [0.25, 0.3) is 17.3 Å². The van der Waals surface area contributed by atoms with E-state index in [0.29, 0.717) is 16.5 Å². The number of alkyl halides is 3. The van der Waals surface area contributed by atoms with Crippen molar-refractivity contribution < 1.29 is 22.0 Å². The van der Waals surface area contributed by atoms with Gasteiger partial charge in [-0.1, -0.05) is 36.0 Å². The molecular formula is C20H13F4N3OS. The van der Waals surface area contributed by atoms with Crippen molar-refractivity contribution in [1.29, 1.82) is 0 Å². The van der Waals surface area contributed by atoms with Gasteiger partial charge in [0.1, 0.15) is 5.82 Å². The maximum Gasteiger partial charge on any atom is 0.416 e. The minimum absolute atomic E-state index is 0.229. The van der Waals surface area contributed by atoms with E-state index in [4.69, 9.17) is 4.42 Å². The summed E-state index contributed by atoms with van der Waals surface area (Å²) in [7, 11) is 0. The third-order valence-corrected chi connectivity index (χ3v) is 5.10. The zero-order valence-corrected chi connectivity index (χ0v) is 15.5. The van der Waals surface area contributed by atoms with Crippen molar-refractivity contribution >= 4 is 11.8 Å². The average Bonchev–Trinajstić information content (AvgIpc) is 3.36. The Labute approximate surface area is 167 Å². The first-order valence-corrected chi connectivity index (χ1v) is 9.45. The fourth-order valence-corrected chi connectivity index (χ4v) is 3.68. The number of thioether (sulfide) groups is 1. The molecule has 4 nitrogen and oxygen atoms in total. The van der Waals surface area contributed by atoms with Gasteiger partial charge in [0.05, 0.1) is 17.5 Å². The number of hydrogen-bond donors (Lipinski definition) is 0. The number of rotatable bonds is 5. The molecule has 2 aromatic carbocycles. The lowest BCUT2D eigenvalue weighted by atomic mass is 10.2. The highest BCUT2D eigenvalue weighted by atomic mass is 32.2. The summed E-state index contributed by atoms with van der Waals surface area (Å²) in [6.45, 7) is 0. The fraction of sp³-hybridized carbons (Fsp3) is 0.100. The van der Waals surface area contributed by atoms with Crippen molar-refractivity contribution in [2.24, 2.45) is 0 Å². The second-order valence-corrected chi connectivity index (χ2v) is 6.99. The molecule has 0 aliphatic heterocycles. The predicted octanol–water partition coefficient (Wildman–Crippen LogP) is 5.98. The van der Waals surface area contributed by atoms with Gasteiger partial charge in [-0.2, -0.15) is 13.2 Å². The van der Waals surface area contributed by atoms with Crippen LogP contribution in [0, 0.1) is 5.82 Å². The monoisotopic (exact) mass is 419 g/mol. The van der Waals surface area contributed by atoms with E-state index in [2.05, 4.69) is 10.2 Å². The third kappa shape index (κ3) is 4.04. The zero-order chi connectivity index (χ0) is 20.4. The van der Waals surface area contributed by atoms with Gasteiger partial charge in [-0.25, -0.2) is 4.39 Å². The van der Waals surface area contributed by atoms with Gasteiger partial charge >= 0.3 is 6.18 Å². The first-order valence-electron chi connectivity index (χ1n) is 8.46. The summed E-state index contributed by atoms with van der Waals surface area (Å²) < 4.78 is 60.3. The van der Waals surface area contributed by atoms with Gasteiger partial charge in [-0.15, -0.1) is 10.2 Å². The minimum atomic E-state index is -4.49. The van der Waals surface area contributed by atoms with Crippen LogP contribution in [0.2, 0.25) is 0 Å². The van der Waals surface area contributed by atoms with Crippen LogP contribution in [-0.4, -0.2) is 14.8 Å². The Morgan fingerprint density at radius 3 is 2.52 bits per heavy atom. The highest BCUT2D eigenvalue weighted by molar-refractivity contribution is 7.98. The van der Waals surface area contributed by atoms with E-state index in [-0.39, 0.29) is 23.1 Å². The molecule has 0 amide bonds. The lowest BCUT2D eigenvalue weighted by Gasteiger charge is -2.12. The summed E-state index contributed by atoms with van der Waals surface area (Å²) in [5.74, 6) is 0.483. The quantitative estimate of drug-likeness (QED) is 0.295. The smallest absolute Gasteiger partial charge is 0.416 e. The minimum Gasteiger partial charge on any atom is -0.461 e. The van der Waals surface area contributed by atoms with Gasteiger partial charge in [-0.3, -0.25) is 4.57 Å². The normalized spacial score (nSPS) is 11.7. The molecule has 0 radical (unpaired) electrons. The molecular weight excluding hydrogens is 406 g/mol. The molecule has 0 aliphatic rings. The summed E-state index contributed by atoms with van der Waals surface area (Å²) in [5.41, 5.74) is -0.109. The van der Waals surface area contributed by atoms with Crippen molar-refractivity contribution in [2.75, 3.05) is 0 Å². The highest BCUT2D eigenvalue weighted by Gasteiger charge is 2.31. The van der Waals surface area contributed by atoms with Crippen LogP contribution in [0.5, 0.6) is 0 Å². The molecule has 0 N–H and O–H groups in total. The van der Waals surface area contributed by atoms with E-state index in [1.165, 1.54) is 40.8 Å². The molecule has 9 heteroatoms. The number of aromatic nitrogens is 3. The molecule has 0 atom stereocenters. The molecule has 0 spiro atoms. The average molecular weight is 419 g/mol. The highest BCUT2D eigenvalue weighted by Crippen LogP contribution is 2.34. The Hall–Kier alpha value is -3.07. The molecule has 0 aliphatic carbocycles. The number of hydrogen-bond acceptors (Lipinski definition) is 4. The summed E-state index contributed by atoms with van der Waals surface area (Å²) in [6, 6.07) is 14.4. The Balaban J connectivity index is 1.77. The van der Waals surface area contributed by atoms with Crippen LogP contribution >= 0.6 is 11.8 Å². The first kappa shape index (κ1) is 19.3. The standard InChI is InChI=1S/C20H13F4N3OS/c21-16-8-2-1-5-13(16)12-29-19-26-25-18(17-9-4-10-28-17)27(19)15-7-3-6-14(11-15)20(22,23)24/h1-11H,12H2. The van der Waals surface area contributed by atoms with E-state index < -0.39 is 11.7 Å². The number of nitrogens with zero attached hydrogens (tertiary/aromatic N) is 3. The van der Waals surface area contributed by atoms with E-state index >= 15 is 0 Å². The first-order chi connectivity index (χ1) is 13.9. The van der Waals surface area contributed by atoms with Crippen molar-refractivity contribution in [3.63, 3.8) is 0 Å². The third-order valence-electron chi connectivity index (χ3n) is 4.12. The summed E-state index contributed by atoms with van der Waals surface area (Å²) >= 11 is 1.17. The van der Waals surface area contributed by atoms with Crippen LogP contribution in [-0.2, 0) is 11.9 Å². The van der Waals surface area contributed by atoms with Crippen LogP contribution in [0.15, 0.2) is 76.5 Å². The molecule has 2 heterocycles. The second-order valence-electron chi connectivity index (χ2n) is 6.05. The maximum absolute atomic E-state index is 13.9. The lowest BCUT2D eigenvalue weighted by Crippen LogP contribution is -2.07. The van der Waals surface area contributed by atoms with Gasteiger partial charge in [0, 0.05) is 5.75 Å². The van der Waals surface area contributed by atoms with Crippen molar-refractivity contribution in [3.05, 3.63) is 83.9 Å². The van der Waals surface area contributed by atoms with Crippen molar-refractivity contribution in [2.45, 2.75) is 17.1 Å². The van der Waals surface area contributed by atoms with Crippen LogP contribution in [0.4, 0.5) is 17.6 Å². The van der Waals surface area contributed by atoms with E-state index in [1.807, 2.05) is 0 Å². The summed E-state index contributed by atoms with van der Waals surface area (Å²) in [6.07, 6.45) is -3.05. The number of furan rings is 1. The van der Waals surface area contributed by atoms with Crippen LogP contribution in [0.3, 0.4) is 0 Å². The summed E-state index contributed by atoms with van der Waals surface area (Å²) in [4.78, 5) is 0. The molecule has 0 saturated carbocycles. The second kappa shape index (κ2) is 7.75. The van der Waals surface area contributed by atoms with Gasteiger partial charge in [-0.05, 0) is 42.0 Å². The number of benzene rings is 2. The Morgan fingerprint density at radius 1 is 0.966 bits per heavy atom. The molecule has 4 aromatic rings. The van der Waals surface area contributed by atoms with E-state index in [9.17, 15) is 17.6 Å². The van der Waals surface area contributed by atoms with Crippen molar-refractivity contribution in [1.82, 2.24) is 14.8 Å². The van der Waals surface area contributed by atoms with E-state index in [1.54, 1.807) is 30.3 Å². The van der Waals surface area contributed by atoms with Gasteiger partial charge in [0.2, 0.25) is 5.82 Å². The molecule has 4 rings (SSSR count). The van der Waals surface area contributed by atoms with Gasteiger partial charge in [0.25, 0.3) is 0 Å². The van der Waals surface area contributed by atoms with Gasteiger partial charge in [0.15, 0.2) is 10.9 Å². The van der Waals surface area contributed by atoms with E-state index in [0.717, 1.165) is 12.1 Å². The molecule has 148 valence electrons. The Bertz CT molecular complexity index is 1120. The zero-order valence-electron chi connectivity index (χ0n) is 14.7. The molecule has 0 bridgehead atoms. The Kier molecular flexibility index (Phi) is 5.14. The molecule has 0 saturated heterocycles. The topological polar surface area (TPSA) is 43.9 Å². The van der Waals surface area contributed by atoms with Crippen LogP contribution in [0.1, 0.15) is 11.1 Å². The molecule has 0 fully saturated rings. The summed E-state index contributed by atoms with van der Waals surface area (Å²) in [5, 5.41) is 8.50. The van der Waals surface area contributed by atoms with Crippen molar-refractivity contribution in [3.8, 4) is 17.3 Å². The fourth-order valence-electron chi connectivity index (χ4n) is 2.74. The van der Waals surface area contributed by atoms with Crippen LogP contribution < -0.4 is 0 Å². The number of halogens is 4. The SMILES string of the molecule is Fc1ccccc1CSc1nnc(-c2ccco2)n1-c1cccc(C(F)(F)F)c1.